The van der Waals surface area contributed by atoms with Gasteiger partial charge in [-0.1, -0.05) is 43.7 Å². The van der Waals surface area contributed by atoms with Crippen molar-refractivity contribution in [3.8, 4) is 0 Å². The Kier molecular flexibility index (Phi) is 8.44. The van der Waals surface area contributed by atoms with Gasteiger partial charge in [0.05, 0.1) is 0 Å². The second kappa shape index (κ2) is 11.5. The standard InChI is InChI=1S/C23H35N7O/c1-4-5-12-24-23(26-16-21-28-27-18(2)29(21)3)25-15-20-14-22(31)30(17-20)13-11-19-9-7-6-8-10-19/h6-10,20H,4-5,11-17H2,1-3H3,(H2,24,25,26). The normalized spacial score (nSPS) is 16.7. The Hall–Kier alpha value is -2.90. The van der Waals surface area contributed by atoms with E-state index in [0.29, 0.717) is 18.9 Å². The van der Waals surface area contributed by atoms with Crippen molar-refractivity contribution in [2.24, 2.45) is 18.0 Å². The summed E-state index contributed by atoms with van der Waals surface area (Å²) in [7, 11) is 1.95. The number of guanidine groups is 1. The molecule has 0 aliphatic carbocycles. The monoisotopic (exact) mass is 425 g/mol. The third kappa shape index (κ3) is 6.80. The molecule has 168 valence electrons. The zero-order valence-electron chi connectivity index (χ0n) is 19.0. The zero-order valence-corrected chi connectivity index (χ0v) is 19.0. The molecule has 8 heteroatoms. The lowest BCUT2D eigenvalue weighted by molar-refractivity contribution is -0.127. The number of rotatable bonds is 10. The molecule has 1 fully saturated rings. The van der Waals surface area contributed by atoms with Gasteiger partial charge in [0.1, 0.15) is 12.4 Å². The molecule has 1 aliphatic rings. The Morgan fingerprint density at radius 2 is 2.03 bits per heavy atom. The van der Waals surface area contributed by atoms with Gasteiger partial charge in [0.15, 0.2) is 11.8 Å². The number of amides is 1. The molecule has 0 saturated carbocycles. The van der Waals surface area contributed by atoms with E-state index in [9.17, 15) is 4.79 Å². The van der Waals surface area contributed by atoms with Crippen molar-refractivity contribution in [2.75, 3.05) is 26.2 Å². The van der Waals surface area contributed by atoms with Gasteiger partial charge in [-0.2, -0.15) is 0 Å². The third-order valence-electron chi connectivity index (χ3n) is 5.75. The molecule has 8 nitrogen and oxygen atoms in total. The summed E-state index contributed by atoms with van der Waals surface area (Å²) in [5.41, 5.74) is 1.27. The lowest BCUT2D eigenvalue weighted by Gasteiger charge is -2.18. The van der Waals surface area contributed by atoms with Gasteiger partial charge < -0.3 is 20.1 Å². The summed E-state index contributed by atoms with van der Waals surface area (Å²) in [6, 6.07) is 10.3. The topological polar surface area (TPSA) is 87.4 Å². The molecule has 1 saturated heterocycles. The highest BCUT2D eigenvalue weighted by Crippen LogP contribution is 2.17. The molecule has 2 heterocycles. The van der Waals surface area contributed by atoms with Crippen LogP contribution in [0.15, 0.2) is 35.3 Å². The predicted molar refractivity (Wildman–Crippen MR) is 123 cm³/mol. The van der Waals surface area contributed by atoms with Gasteiger partial charge in [0.2, 0.25) is 5.91 Å². The summed E-state index contributed by atoms with van der Waals surface area (Å²) < 4.78 is 1.95. The van der Waals surface area contributed by atoms with Crippen molar-refractivity contribution in [3.05, 3.63) is 47.5 Å². The quantitative estimate of drug-likeness (QED) is 0.346. The van der Waals surface area contributed by atoms with E-state index in [-0.39, 0.29) is 5.91 Å². The van der Waals surface area contributed by atoms with Crippen LogP contribution in [0.25, 0.3) is 0 Å². The summed E-state index contributed by atoms with van der Waals surface area (Å²) in [6.07, 6.45) is 3.69. The van der Waals surface area contributed by atoms with Crippen LogP contribution in [0.2, 0.25) is 0 Å². The van der Waals surface area contributed by atoms with E-state index in [1.54, 1.807) is 0 Å². The van der Waals surface area contributed by atoms with Crippen molar-refractivity contribution in [2.45, 2.75) is 46.1 Å². The number of unbranched alkanes of at least 4 members (excludes halogenated alkanes) is 1. The summed E-state index contributed by atoms with van der Waals surface area (Å²) in [4.78, 5) is 19.1. The highest BCUT2D eigenvalue weighted by atomic mass is 16.2. The van der Waals surface area contributed by atoms with Crippen LogP contribution < -0.4 is 10.6 Å². The fraction of sp³-hybridized carbons (Fsp3) is 0.565. The fourth-order valence-electron chi connectivity index (χ4n) is 3.65. The number of aromatic nitrogens is 3. The second-order valence-corrected chi connectivity index (χ2v) is 8.19. The van der Waals surface area contributed by atoms with Crippen LogP contribution in [-0.2, 0) is 24.8 Å². The molecule has 1 unspecified atom stereocenters. The van der Waals surface area contributed by atoms with E-state index in [4.69, 9.17) is 0 Å². The molecule has 0 bridgehead atoms. The molecule has 31 heavy (non-hydrogen) atoms. The fourth-order valence-corrected chi connectivity index (χ4v) is 3.65. The summed E-state index contributed by atoms with van der Waals surface area (Å²) in [5.74, 6) is 3.01. The smallest absolute Gasteiger partial charge is 0.223 e. The molecule has 1 aromatic heterocycles. The van der Waals surface area contributed by atoms with Crippen molar-refractivity contribution in [1.82, 2.24) is 30.3 Å². The largest absolute Gasteiger partial charge is 0.356 e. The number of likely N-dealkylation sites (tertiary alicyclic amines) is 1. The van der Waals surface area contributed by atoms with Crippen LogP contribution in [-0.4, -0.2) is 57.7 Å². The predicted octanol–water partition coefficient (Wildman–Crippen LogP) is 2.05. The van der Waals surface area contributed by atoms with E-state index in [2.05, 4.69) is 44.9 Å². The van der Waals surface area contributed by atoms with Crippen LogP contribution in [0.3, 0.4) is 0 Å². The minimum absolute atomic E-state index is 0.245. The highest BCUT2D eigenvalue weighted by molar-refractivity contribution is 5.81. The molecule has 2 N–H and O–H groups in total. The maximum Gasteiger partial charge on any atom is 0.223 e. The Labute approximate surface area is 185 Å². The molecular weight excluding hydrogens is 390 g/mol. The van der Waals surface area contributed by atoms with Crippen molar-refractivity contribution in [3.63, 3.8) is 0 Å². The van der Waals surface area contributed by atoms with Crippen LogP contribution in [0.4, 0.5) is 0 Å². The van der Waals surface area contributed by atoms with Crippen LogP contribution >= 0.6 is 0 Å². The van der Waals surface area contributed by atoms with Gasteiger partial charge in [-0.15, -0.1) is 10.2 Å². The van der Waals surface area contributed by atoms with Gasteiger partial charge in [0, 0.05) is 45.6 Å². The summed E-state index contributed by atoms with van der Waals surface area (Å²) in [6.45, 7) is 7.73. The summed E-state index contributed by atoms with van der Waals surface area (Å²) >= 11 is 0. The first kappa shape index (κ1) is 22.8. The Balaban J connectivity index is 1.50. The number of hydrogen-bond donors (Lipinski definition) is 2. The SMILES string of the molecule is CCCCNC(=NCc1nnc(C)n1C)NCC1CC(=O)N(CCc2ccccc2)C1. The number of nitrogens with zero attached hydrogens (tertiary/aromatic N) is 5. The molecular formula is C23H35N7O. The second-order valence-electron chi connectivity index (χ2n) is 8.19. The van der Waals surface area contributed by atoms with E-state index in [1.165, 1.54) is 5.56 Å². The number of benzene rings is 1. The maximum absolute atomic E-state index is 12.4. The Morgan fingerprint density at radius 3 is 2.74 bits per heavy atom. The number of carbonyl (C=O) groups is 1. The Bertz CT molecular complexity index is 862. The first-order chi connectivity index (χ1) is 15.1. The molecule has 0 radical (unpaired) electrons. The van der Waals surface area contributed by atoms with Gasteiger partial charge in [-0.3, -0.25) is 4.79 Å². The van der Waals surface area contributed by atoms with Crippen LogP contribution in [0.1, 0.15) is 43.4 Å². The molecule has 1 amide bonds. The average Bonchev–Trinajstić information content (AvgIpc) is 3.30. The molecule has 1 aromatic carbocycles. The lowest BCUT2D eigenvalue weighted by atomic mass is 10.1. The molecule has 0 spiro atoms. The van der Waals surface area contributed by atoms with Crippen molar-refractivity contribution < 1.29 is 4.79 Å². The first-order valence-corrected chi connectivity index (χ1v) is 11.3. The summed E-state index contributed by atoms with van der Waals surface area (Å²) in [5, 5.41) is 15.1. The minimum atomic E-state index is 0.245. The Morgan fingerprint density at radius 1 is 1.23 bits per heavy atom. The van der Waals surface area contributed by atoms with E-state index >= 15 is 0 Å². The third-order valence-corrected chi connectivity index (χ3v) is 5.75. The number of nitrogens with one attached hydrogen (secondary N) is 2. The number of aliphatic imine (C=N–C) groups is 1. The van der Waals surface area contributed by atoms with Gasteiger partial charge in [-0.05, 0) is 25.3 Å². The van der Waals surface area contributed by atoms with E-state index in [1.807, 2.05) is 41.6 Å². The van der Waals surface area contributed by atoms with Crippen LogP contribution in [0, 0.1) is 12.8 Å². The number of aryl methyl sites for hydroxylation is 1. The van der Waals surface area contributed by atoms with E-state index in [0.717, 1.165) is 63.0 Å². The van der Waals surface area contributed by atoms with Crippen molar-refractivity contribution >= 4 is 11.9 Å². The number of carbonyl (C=O) groups excluding carboxylic acids is 1. The minimum Gasteiger partial charge on any atom is -0.356 e. The maximum atomic E-state index is 12.4. The first-order valence-electron chi connectivity index (χ1n) is 11.3. The van der Waals surface area contributed by atoms with E-state index < -0.39 is 0 Å². The average molecular weight is 426 g/mol. The number of hydrogen-bond acceptors (Lipinski definition) is 4. The molecule has 1 aliphatic heterocycles. The zero-order chi connectivity index (χ0) is 22.1. The highest BCUT2D eigenvalue weighted by Gasteiger charge is 2.29. The van der Waals surface area contributed by atoms with Crippen LogP contribution in [0.5, 0.6) is 0 Å². The van der Waals surface area contributed by atoms with Crippen molar-refractivity contribution in [1.29, 1.82) is 0 Å². The lowest BCUT2D eigenvalue weighted by Crippen LogP contribution is -2.41. The molecule has 2 aromatic rings. The molecule has 3 rings (SSSR count). The van der Waals surface area contributed by atoms with Gasteiger partial charge in [-0.25, -0.2) is 4.99 Å². The van der Waals surface area contributed by atoms with Gasteiger partial charge >= 0.3 is 0 Å². The molecule has 1 atom stereocenters. The van der Waals surface area contributed by atoms with Gasteiger partial charge in [0.25, 0.3) is 0 Å².